The smallest absolute Gasteiger partial charge is 0.413 e. The summed E-state index contributed by atoms with van der Waals surface area (Å²) in [5.41, 5.74) is 0.0908. The molecule has 2 atom stereocenters. The number of nitrogens with one attached hydrogen (secondary N) is 1. The van der Waals surface area contributed by atoms with Crippen molar-refractivity contribution in [3.63, 3.8) is 0 Å². The summed E-state index contributed by atoms with van der Waals surface area (Å²) in [7, 11) is 1.47. The SMILES string of the molecule is CN1C(=O)[C@H](Cc2ccnc(NC(=O)OC(C)(C)C)c2)[C@H]1C(=O)O. The highest BCUT2D eigenvalue weighted by molar-refractivity contribution is 5.96. The van der Waals surface area contributed by atoms with E-state index in [0.717, 1.165) is 0 Å². The molecule has 2 rings (SSSR count). The summed E-state index contributed by atoms with van der Waals surface area (Å²) < 4.78 is 5.15. The van der Waals surface area contributed by atoms with E-state index in [1.807, 2.05) is 0 Å². The number of carboxylic acids is 1. The van der Waals surface area contributed by atoms with Gasteiger partial charge in [0.25, 0.3) is 0 Å². The number of aromatic nitrogens is 1. The maximum Gasteiger partial charge on any atom is 0.413 e. The molecule has 1 aliphatic heterocycles. The van der Waals surface area contributed by atoms with Gasteiger partial charge in [0.1, 0.15) is 17.5 Å². The van der Waals surface area contributed by atoms with Crippen molar-refractivity contribution in [3.8, 4) is 0 Å². The van der Waals surface area contributed by atoms with E-state index in [2.05, 4.69) is 10.3 Å². The predicted octanol–water partition coefficient (Wildman–Crippen LogP) is 1.51. The van der Waals surface area contributed by atoms with Crippen molar-refractivity contribution in [1.82, 2.24) is 9.88 Å². The number of pyridine rings is 1. The van der Waals surface area contributed by atoms with Gasteiger partial charge in [0, 0.05) is 13.2 Å². The van der Waals surface area contributed by atoms with Crippen LogP contribution in [-0.4, -0.2) is 51.7 Å². The normalized spacial score (nSPS) is 20.3. The van der Waals surface area contributed by atoms with Crippen LogP contribution in [0.4, 0.5) is 10.6 Å². The Hall–Kier alpha value is -2.64. The molecule has 1 aliphatic rings. The third kappa shape index (κ3) is 4.01. The second-order valence-electron chi connectivity index (χ2n) is 6.72. The molecule has 0 spiro atoms. The quantitative estimate of drug-likeness (QED) is 0.807. The number of nitrogens with zero attached hydrogens (tertiary/aromatic N) is 2. The van der Waals surface area contributed by atoms with Crippen molar-refractivity contribution < 1.29 is 24.2 Å². The van der Waals surface area contributed by atoms with Crippen molar-refractivity contribution in [1.29, 1.82) is 0 Å². The van der Waals surface area contributed by atoms with Gasteiger partial charge in [-0.15, -0.1) is 0 Å². The van der Waals surface area contributed by atoms with Crippen molar-refractivity contribution in [2.24, 2.45) is 5.92 Å². The van der Waals surface area contributed by atoms with Crippen LogP contribution in [0.25, 0.3) is 0 Å². The van der Waals surface area contributed by atoms with Crippen LogP contribution in [0.1, 0.15) is 26.3 Å². The third-order valence-electron chi connectivity index (χ3n) is 3.63. The number of hydrogen-bond donors (Lipinski definition) is 2. The summed E-state index contributed by atoms with van der Waals surface area (Å²) in [6.07, 6.45) is 1.13. The molecule has 8 nitrogen and oxygen atoms in total. The lowest BCUT2D eigenvalue weighted by atomic mass is 9.83. The molecule has 0 saturated carbocycles. The topological polar surface area (TPSA) is 109 Å². The first-order valence-corrected chi connectivity index (χ1v) is 7.53. The molecule has 1 aromatic rings. The summed E-state index contributed by atoms with van der Waals surface area (Å²) in [6.45, 7) is 5.25. The largest absolute Gasteiger partial charge is 0.480 e. The minimum atomic E-state index is -1.02. The number of aliphatic carboxylic acids is 1. The van der Waals surface area contributed by atoms with E-state index in [-0.39, 0.29) is 18.1 Å². The fourth-order valence-corrected chi connectivity index (χ4v) is 2.59. The molecule has 0 bridgehead atoms. The van der Waals surface area contributed by atoms with Gasteiger partial charge >= 0.3 is 12.1 Å². The molecule has 130 valence electrons. The lowest BCUT2D eigenvalue weighted by Gasteiger charge is -2.42. The molecule has 2 N–H and O–H groups in total. The fraction of sp³-hybridized carbons (Fsp3) is 0.500. The van der Waals surface area contributed by atoms with Gasteiger partial charge < -0.3 is 14.7 Å². The van der Waals surface area contributed by atoms with E-state index in [9.17, 15) is 19.5 Å². The van der Waals surface area contributed by atoms with Crippen molar-refractivity contribution in [2.75, 3.05) is 12.4 Å². The molecule has 1 fully saturated rings. The zero-order valence-corrected chi connectivity index (χ0v) is 14.1. The van der Waals surface area contributed by atoms with Crippen LogP contribution >= 0.6 is 0 Å². The Kier molecular flexibility index (Phi) is 4.77. The molecule has 1 saturated heterocycles. The number of β-lactam (4-membered cyclic amide) rings is 1. The highest BCUT2D eigenvalue weighted by atomic mass is 16.6. The van der Waals surface area contributed by atoms with E-state index in [1.54, 1.807) is 32.9 Å². The molecule has 2 heterocycles. The first-order valence-electron chi connectivity index (χ1n) is 7.53. The fourth-order valence-electron chi connectivity index (χ4n) is 2.59. The Bertz CT molecular complexity index is 668. The maximum absolute atomic E-state index is 11.9. The highest BCUT2D eigenvalue weighted by Crippen LogP contribution is 2.29. The number of carboxylic acid groups (broad SMARTS) is 1. The Morgan fingerprint density at radius 3 is 2.67 bits per heavy atom. The minimum absolute atomic E-state index is 0.208. The molecular weight excluding hydrogens is 314 g/mol. The van der Waals surface area contributed by atoms with Gasteiger partial charge in [0.2, 0.25) is 5.91 Å². The molecule has 0 radical (unpaired) electrons. The minimum Gasteiger partial charge on any atom is -0.480 e. The van der Waals surface area contributed by atoms with Crippen LogP contribution in [0.3, 0.4) is 0 Å². The molecule has 2 amide bonds. The number of hydrogen-bond acceptors (Lipinski definition) is 5. The van der Waals surface area contributed by atoms with Crippen LogP contribution in [0.5, 0.6) is 0 Å². The number of carbonyl (C=O) groups is 3. The van der Waals surface area contributed by atoms with Crippen LogP contribution < -0.4 is 5.32 Å². The lowest BCUT2D eigenvalue weighted by Crippen LogP contribution is -2.63. The van der Waals surface area contributed by atoms with Gasteiger partial charge in [0.05, 0.1) is 5.92 Å². The van der Waals surface area contributed by atoms with Gasteiger partial charge in [-0.1, -0.05) is 0 Å². The number of ether oxygens (including phenoxy) is 1. The lowest BCUT2D eigenvalue weighted by molar-refractivity contribution is -0.168. The average molecular weight is 335 g/mol. The van der Waals surface area contributed by atoms with E-state index in [1.165, 1.54) is 18.1 Å². The summed E-state index contributed by atoms with van der Waals surface area (Å²) in [4.78, 5) is 40.1. The molecule has 24 heavy (non-hydrogen) atoms. The standard InChI is InChI=1S/C16H21N3O5/c1-16(2,3)24-15(23)18-11-8-9(5-6-17-11)7-10-12(14(21)22)19(4)13(10)20/h5-6,8,10,12H,7H2,1-4H3,(H,21,22)(H,17,18,23)/t10-,12+/m1/s1. The summed E-state index contributed by atoms with van der Waals surface area (Å²) in [5, 5.41) is 11.7. The van der Waals surface area contributed by atoms with Crippen LogP contribution in [0.2, 0.25) is 0 Å². The van der Waals surface area contributed by atoms with E-state index >= 15 is 0 Å². The monoisotopic (exact) mass is 335 g/mol. The third-order valence-corrected chi connectivity index (χ3v) is 3.63. The summed E-state index contributed by atoms with van der Waals surface area (Å²) in [6, 6.07) is 2.46. The molecule has 0 aromatic carbocycles. The molecule has 0 unspecified atom stereocenters. The Balaban J connectivity index is 2.04. The number of likely N-dealkylation sites (N-methyl/N-ethyl adjacent to an activating group) is 1. The van der Waals surface area contributed by atoms with Gasteiger partial charge in [-0.3, -0.25) is 10.1 Å². The molecule has 1 aromatic heterocycles. The molecule has 0 aliphatic carbocycles. The zero-order valence-electron chi connectivity index (χ0n) is 14.1. The van der Waals surface area contributed by atoms with Gasteiger partial charge in [-0.25, -0.2) is 14.6 Å². The van der Waals surface area contributed by atoms with Crippen molar-refractivity contribution >= 4 is 23.8 Å². The van der Waals surface area contributed by atoms with Gasteiger partial charge in [-0.05, 0) is 44.9 Å². The molecule has 8 heteroatoms. The summed E-state index contributed by atoms with van der Waals surface area (Å²) in [5.74, 6) is -1.55. The summed E-state index contributed by atoms with van der Waals surface area (Å²) >= 11 is 0. The van der Waals surface area contributed by atoms with Crippen molar-refractivity contribution in [2.45, 2.75) is 38.8 Å². The van der Waals surface area contributed by atoms with Crippen LogP contribution in [-0.2, 0) is 20.7 Å². The van der Waals surface area contributed by atoms with E-state index in [4.69, 9.17) is 4.74 Å². The number of likely N-dealkylation sites (tertiary alicyclic amines) is 1. The molecular formula is C16H21N3O5. The maximum atomic E-state index is 11.9. The van der Waals surface area contributed by atoms with Crippen molar-refractivity contribution in [3.05, 3.63) is 23.9 Å². The Morgan fingerprint density at radius 2 is 2.08 bits per heavy atom. The van der Waals surface area contributed by atoms with Gasteiger partial charge in [0.15, 0.2) is 0 Å². The zero-order chi connectivity index (χ0) is 18.1. The first-order chi connectivity index (χ1) is 11.1. The van der Waals surface area contributed by atoms with Crippen LogP contribution in [0.15, 0.2) is 18.3 Å². The average Bonchev–Trinajstić information content (AvgIpc) is 2.44. The number of anilines is 1. The Morgan fingerprint density at radius 1 is 1.42 bits per heavy atom. The Labute approximate surface area is 139 Å². The second kappa shape index (κ2) is 6.46. The second-order valence-corrected chi connectivity index (χ2v) is 6.72. The van der Waals surface area contributed by atoms with E-state index < -0.39 is 29.6 Å². The number of carbonyl (C=O) groups excluding carboxylic acids is 2. The van der Waals surface area contributed by atoms with E-state index in [0.29, 0.717) is 5.56 Å². The van der Waals surface area contributed by atoms with Crippen LogP contribution in [0, 0.1) is 5.92 Å². The number of rotatable bonds is 4. The highest BCUT2D eigenvalue weighted by Gasteiger charge is 2.49. The predicted molar refractivity (Wildman–Crippen MR) is 85.5 cm³/mol. The number of amides is 2. The first kappa shape index (κ1) is 17.7. The van der Waals surface area contributed by atoms with Gasteiger partial charge in [-0.2, -0.15) is 0 Å².